The quantitative estimate of drug-likeness (QED) is 0.0150. The number of rotatable bonds is 29. The molecular formula is C43H77N13O11S. The lowest BCUT2D eigenvalue weighted by Gasteiger charge is -2.31. The van der Waals surface area contributed by atoms with Crippen molar-refractivity contribution < 1.29 is 53.1 Å². The molecule has 0 aromatic carbocycles. The zero-order chi connectivity index (χ0) is 51.8. The summed E-state index contributed by atoms with van der Waals surface area (Å²) in [4.78, 5) is 138. The molecule has 0 radical (unpaired) electrons. The third-order valence-electron chi connectivity index (χ3n) is 11.3. The molecule has 1 fully saturated rings. The minimum absolute atomic E-state index is 0.0751. The van der Waals surface area contributed by atoms with E-state index in [0.717, 1.165) is 4.90 Å². The second-order valence-corrected chi connectivity index (χ2v) is 17.6. The first kappa shape index (κ1) is 60.3. The van der Waals surface area contributed by atoms with Crippen LogP contribution in [0.2, 0.25) is 0 Å². The van der Waals surface area contributed by atoms with Crippen molar-refractivity contribution in [3.63, 3.8) is 0 Å². The molecule has 386 valence electrons. The monoisotopic (exact) mass is 984 g/mol. The zero-order valence-electron chi connectivity index (χ0n) is 40.9. The molecule has 0 aliphatic carbocycles. The Morgan fingerprint density at radius 3 is 1.87 bits per heavy atom. The number of aliphatic hydroxyl groups excluding tert-OH is 1. The maximum Gasteiger partial charge on any atom is 0.245 e. The number of nitrogens with zero attached hydrogens (tertiary/aromatic N) is 3. The number of amides is 10. The molecule has 9 atom stereocenters. The largest absolute Gasteiger partial charge is 0.391 e. The van der Waals surface area contributed by atoms with Crippen LogP contribution in [0, 0.1) is 11.8 Å². The topological polar surface area (TPSA) is 358 Å². The van der Waals surface area contributed by atoms with Crippen molar-refractivity contribution in [2.75, 3.05) is 45.5 Å². The van der Waals surface area contributed by atoms with Gasteiger partial charge in [-0.05, 0) is 57.8 Å². The summed E-state index contributed by atoms with van der Waals surface area (Å²) in [5.41, 5.74) is 11.0. The van der Waals surface area contributed by atoms with E-state index in [2.05, 4.69) is 60.2 Å². The van der Waals surface area contributed by atoms with E-state index in [4.69, 9.17) is 11.5 Å². The molecule has 24 nitrogen and oxygen atoms in total. The number of thiol groups is 1. The number of carbonyl (C=O) groups excluding carboxylic acids is 10. The molecule has 68 heavy (non-hydrogen) atoms. The standard InChI is InChI=1S/C43H77N13O11S/c1-10-15-27(36(61)53-34(24(6)11-2)40(65)50-28(16-13-18-47-43(44)45)42(67)56-19-14-17-30(56)38(63)46-12-3)49-41(66)35(25(7)57)54-37(62)29(22-68)51-39(64)33(23(4)5)52-31(59)20-48-32(60)21-55(9)26(8)58/h23-25,27-30,33-35,57,68H,10-22H2,1-9H3,(H,46,63)(H,48,60)(H,49,66)(H,50,65)(H,51,64)(H,52,59)(H,53,61)(H,54,62)(H4,44,45,47)/t24-,25+,27-,28-,29+,30-,33-,34-,35-/m0/s1. The maximum atomic E-state index is 14.1. The first-order valence-electron chi connectivity index (χ1n) is 23.2. The van der Waals surface area contributed by atoms with Gasteiger partial charge in [0.1, 0.15) is 42.3 Å². The van der Waals surface area contributed by atoms with Crippen molar-refractivity contribution in [3.8, 4) is 0 Å². The summed E-state index contributed by atoms with van der Waals surface area (Å²) in [5, 5.41) is 31.3. The number of hydrogen-bond donors (Lipinski definition) is 12. The predicted molar refractivity (Wildman–Crippen MR) is 256 cm³/mol. The highest BCUT2D eigenvalue weighted by molar-refractivity contribution is 7.80. The van der Waals surface area contributed by atoms with Gasteiger partial charge in [0.25, 0.3) is 0 Å². The Bertz CT molecular complexity index is 1780. The fourth-order valence-corrected chi connectivity index (χ4v) is 7.29. The third-order valence-corrected chi connectivity index (χ3v) is 11.6. The molecule has 1 aliphatic heterocycles. The number of nitrogens with two attached hydrogens (primary N) is 2. The van der Waals surface area contributed by atoms with Crippen LogP contribution in [0.1, 0.15) is 100 Å². The third kappa shape index (κ3) is 20.2. The van der Waals surface area contributed by atoms with Crippen LogP contribution < -0.4 is 54.0 Å². The van der Waals surface area contributed by atoms with E-state index in [1.807, 2.05) is 0 Å². The average Bonchev–Trinajstić information content (AvgIpc) is 3.77. The summed E-state index contributed by atoms with van der Waals surface area (Å²) < 4.78 is 0. The van der Waals surface area contributed by atoms with Gasteiger partial charge in [0.05, 0.1) is 19.2 Å². The van der Waals surface area contributed by atoms with E-state index in [9.17, 15) is 53.1 Å². The molecule has 1 saturated heterocycles. The van der Waals surface area contributed by atoms with Crippen LogP contribution in [0.5, 0.6) is 0 Å². The van der Waals surface area contributed by atoms with Gasteiger partial charge in [-0.1, -0.05) is 47.5 Å². The fourth-order valence-electron chi connectivity index (χ4n) is 7.03. The second kappa shape index (κ2) is 30.6. The molecule has 0 aromatic rings. The van der Waals surface area contributed by atoms with Crippen molar-refractivity contribution in [2.24, 2.45) is 28.3 Å². The first-order chi connectivity index (χ1) is 31.9. The van der Waals surface area contributed by atoms with Crippen LogP contribution in [-0.4, -0.2) is 174 Å². The number of aliphatic imine (C=N–C) groups is 1. The van der Waals surface area contributed by atoms with Crippen LogP contribution in [0.25, 0.3) is 0 Å². The highest BCUT2D eigenvalue weighted by atomic mass is 32.1. The normalized spacial score (nSPS) is 16.8. The average molecular weight is 984 g/mol. The van der Waals surface area contributed by atoms with E-state index >= 15 is 0 Å². The number of likely N-dealkylation sites (N-methyl/N-ethyl adjacent to an activating group) is 2. The molecule has 1 heterocycles. The number of guanidine groups is 1. The molecular weight excluding hydrogens is 907 g/mol. The van der Waals surface area contributed by atoms with E-state index in [0.29, 0.717) is 45.2 Å². The fraction of sp³-hybridized carbons (Fsp3) is 0.744. The lowest BCUT2D eigenvalue weighted by Crippen LogP contribution is -2.62. The lowest BCUT2D eigenvalue weighted by atomic mass is 9.96. The van der Waals surface area contributed by atoms with Crippen molar-refractivity contribution in [2.45, 2.75) is 149 Å². The summed E-state index contributed by atoms with van der Waals surface area (Å²) in [6, 6.07) is -8.49. The highest BCUT2D eigenvalue weighted by Crippen LogP contribution is 2.20. The van der Waals surface area contributed by atoms with Gasteiger partial charge in [0.2, 0.25) is 59.1 Å². The van der Waals surface area contributed by atoms with E-state index in [1.165, 1.54) is 25.8 Å². The van der Waals surface area contributed by atoms with Gasteiger partial charge in [-0.25, -0.2) is 0 Å². The summed E-state index contributed by atoms with van der Waals surface area (Å²) in [6.45, 7) is 12.9. The summed E-state index contributed by atoms with van der Waals surface area (Å²) in [7, 11) is 1.41. The molecule has 1 aliphatic rings. The highest BCUT2D eigenvalue weighted by Gasteiger charge is 2.40. The van der Waals surface area contributed by atoms with Crippen LogP contribution in [0.4, 0.5) is 0 Å². The summed E-state index contributed by atoms with van der Waals surface area (Å²) >= 11 is 4.19. The van der Waals surface area contributed by atoms with Gasteiger partial charge in [0.15, 0.2) is 5.96 Å². The molecule has 0 bridgehead atoms. The maximum absolute atomic E-state index is 14.1. The van der Waals surface area contributed by atoms with Crippen molar-refractivity contribution in [3.05, 3.63) is 0 Å². The van der Waals surface area contributed by atoms with Gasteiger partial charge in [-0.3, -0.25) is 52.9 Å². The molecule has 0 aromatic heterocycles. The lowest BCUT2D eigenvalue weighted by molar-refractivity contribution is -0.142. The molecule has 0 unspecified atom stereocenters. The van der Waals surface area contributed by atoms with Gasteiger partial charge >= 0.3 is 0 Å². The molecule has 0 spiro atoms. The Balaban J connectivity index is 3.21. The predicted octanol–water partition coefficient (Wildman–Crippen LogP) is -3.52. The molecule has 13 N–H and O–H groups in total. The van der Waals surface area contributed by atoms with Crippen molar-refractivity contribution in [1.29, 1.82) is 0 Å². The number of hydrogen-bond acceptors (Lipinski definition) is 13. The van der Waals surface area contributed by atoms with Crippen LogP contribution >= 0.6 is 12.6 Å². The smallest absolute Gasteiger partial charge is 0.245 e. The van der Waals surface area contributed by atoms with Crippen molar-refractivity contribution >= 4 is 77.7 Å². The summed E-state index contributed by atoms with van der Waals surface area (Å²) in [6.07, 6.45) is 0.790. The minimum Gasteiger partial charge on any atom is -0.391 e. The van der Waals surface area contributed by atoms with Gasteiger partial charge < -0.3 is 68.9 Å². The van der Waals surface area contributed by atoms with Crippen LogP contribution in [0.3, 0.4) is 0 Å². The van der Waals surface area contributed by atoms with E-state index < -0.39 is 114 Å². The number of carbonyl (C=O) groups is 10. The Morgan fingerprint density at radius 1 is 0.750 bits per heavy atom. The Labute approximate surface area is 404 Å². The van der Waals surface area contributed by atoms with Gasteiger partial charge in [-0.2, -0.15) is 12.6 Å². The Kier molecular flexibility index (Phi) is 27.1. The number of likely N-dealkylation sites (tertiary alicyclic amines) is 1. The molecule has 10 amide bonds. The number of aliphatic hydroxyl groups is 1. The van der Waals surface area contributed by atoms with Crippen molar-refractivity contribution in [1.82, 2.24) is 52.3 Å². The van der Waals surface area contributed by atoms with Gasteiger partial charge in [-0.15, -0.1) is 0 Å². The molecule has 25 heteroatoms. The summed E-state index contributed by atoms with van der Waals surface area (Å²) in [5.74, 6) is -7.98. The molecule has 1 rings (SSSR count). The van der Waals surface area contributed by atoms with Crippen LogP contribution in [-0.2, 0) is 47.9 Å². The van der Waals surface area contributed by atoms with E-state index in [-0.39, 0.29) is 49.5 Å². The Hall–Kier alpha value is -5.72. The minimum atomic E-state index is -1.64. The zero-order valence-corrected chi connectivity index (χ0v) is 41.8. The van der Waals surface area contributed by atoms with Crippen LogP contribution in [0.15, 0.2) is 4.99 Å². The first-order valence-corrected chi connectivity index (χ1v) is 23.8. The number of nitrogens with one attached hydrogen (secondary N) is 8. The van der Waals surface area contributed by atoms with E-state index in [1.54, 1.807) is 41.5 Å². The second-order valence-electron chi connectivity index (χ2n) is 17.2. The SMILES string of the molecule is CCC[C@H](NC(=O)[C@@H](NC(=O)[C@@H](CS)NC(=O)[C@@H](NC(=O)CNC(=O)CN(C)C(C)=O)C(C)C)[C@@H](C)O)C(=O)N[C@H](C(=O)N[C@@H](CCCN=C(N)N)C(=O)N1CCC[C@H]1C(=O)NCC)[C@@H](C)CC. The Morgan fingerprint density at radius 2 is 1.32 bits per heavy atom. The molecule has 0 saturated carbocycles. The van der Waals surface area contributed by atoms with Gasteiger partial charge in [0, 0.05) is 39.4 Å².